The Morgan fingerprint density at radius 2 is 2.07 bits per heavy atom. The Balaban J connectivity index is 3.13. The molecule has 6 heteroatoms. The number of rotatable bonds is 2. The van der Waals surface area contributed by atoms with Crippen LogP contribution in [0.5, 0.6) is 0 Å². The van der Waals surface area contributed by atoms with Crippen LogP contribution in [0.1, 0.15) is 5.56 Å². The lowest BCUT2D eigenvalue weighted by atomic mass is 10.2. The van der Waals surface area contributed by atoms with E-state index in [1.165, 1.54) is 0 Å². The fourth-order valence-electron chi connectivity index (χ4n) is 0.929. The van der Waals surface area contributed by atoms with Crippen molar-refractivity contribution in [3.05, 3.63) is 29.8 Å². The summed E-state index contributed by atoms with van der Waals surface area (Å²) in [4.78, 5) is 0. The van der Waals surface area contributed by atoms with Gasteiger partial charge < -0.3 is 11.5 Å². The fourth-order valence-corrected chi connectivity index (χ4v) is 1.39. The quantitative estimate of drug-likeness (QED) is 0.408. The minimum atomic E-state index is -3.46. The van der Waals surface area contributed by atoms with E-state index in [-0.39, 0.29) is 5.84 Å². The predicted octanol–water partition coefficient (Wildman–Crippen LogP) is -0.0663. The van der Waals surface area contributed by atoms with Gasteiger partial charge in [0.25, 0.3) is 10.0 Å². The van der Waals surface area contributed by atoms with Crippen molar-refractivity contribution in [3.63, 3.8) is 0 Å². The van der Waals surface area contributed by atoms with Gasteiger partial charge in [0.15, 0.2) is 0 Å². The van der Waals surface area contributed by atoms with Crippen LogP contribution >= 0.6 is 0 Å². The van der Waals surface area contributed by atoms with Crippen LogP contribution in [0, 0.1) is 0 Å². The first-order valence-corrected chi connectivity index (χ1v) is 5.64. The highest BCUT2D eigenvalue weighted by Gasteiger charge is 2.03. The molecule has 0 aromatic heterocycles. The molecule has 4 N–H and O–H groups in total. The number of hydrogen-bond acceptors (Lipinski definition) is 3. The molecule has 0 aliphatic rings. The van der Waals surface area contributed by atoms with Crippen LogP contribution in [0.4, 0.5) is 5.69 Å². The van der Waals surface area contributed by atoms with Gasteiger partial charge in [-0.15, -0.1) is 4.40 Å². The summed E-state index contributed by atoms with van der Waals surface area (Å²) in [5.74, 6) is -0.0557. The molecule has 5 nitrogen and oxygen atoms in total. The van der Waals surface area contributed by atoms with E-state index in [0.717, 1.165) is 6.26 Å². The molecule has 0 bridgehead atoms. The van der Waals surface area contributed by atoms with Gasteiger partial charge >= 0.3 is 0 Å². The number of nitrogens with two attached hydrogens (primary N) is 2. The van der Waals surface area contributed by atoms with Crippen molar-refractivity contribution in [3.8, 4) is 0 Å². The summed E-state index contributed by atoms with van der Waals surface area (Å²) in [6.45, 7) is 0. The Morgan fingerprint density at radius 3 is 2.57 bits per heavy atom. The highest BCUT2D eigenvalue weighted by molar-refractivity contribution is 7.89. The lowest BCUT2D eigenvalue weighted by molar-refractivity contribution is 0.603. The molecule has 0 unspecified atom stereocenters. The zero-order chi connectivity index (χ0) is 10.8. The van der Waals surface area contributed by atoms with Gasteiger partial charge in [-0.05, 0) is 12.1 Å². The fraction of sp³-hybridized carbons (Fsp3) is 0.125. The van der Waals surface area contributed by atoms with Gasteiger partial charge in [-0.2, -0.15) is 0 Å². The molecule has 0 aliphatic heterocycles. The number of nitrogen functional groups attached to an aromatic ring is 1. The molecule has 1 aromatic carbocycles. The Labute approximate surface area is 82.5 Å². The van der Waals surface area contributed by atoms with Crippen LogP contribution in [0.15, 0.2) is 28.7 Å². The van der Waals surface area contributed by atoms with Gasteiger partial charge in [0, 0.05) is 11.3 Å². The molecule has 0 radical (unpaired) electrons. The summed E-state index contributed by atoms with van der Waals surface area (Å²) < 4.78 is 24.9. The Bertz CT molecular complexity index is 465. The molecule has 14 heavy (non-hydrogen) atoms. The molecule has 0 atom stereocenters. The zero-order valence-electron chi connectivity index (χ0n) is 7.64. The van der Waals surface area contributed by atoms with Crippen molar-refractivity contribution >= 4 is 21.5 Å². The minimum Gasteiger partial charge on any atom is -0.399 e. The molecule has 0 aliphatic carbocycles. The van der Waals surface area contributed by atoms with Crippen LogP contribution in [0.25, 0.3) is 0 Å². The highest BCUT2D eigenvalue weighted by atomic mass is 32.2. The largest absolute Gasteiger partial charge is 0.399 e. The van der Waals surface area contributed by atoms with Crippen molar-refractivity contribution in [2.24, 2.45) is 10.1 Å². The first-order valence-electron chi connectivity index (χ1n) is 3.80. The highest BCUT2D eigenvalue weighted by Crippen LogP contribution is 2.06. The summed E-state index contributed by atoms with van der Waals surface area (Å²) in [5.41, 5.74) is 12.0. The number of nitrogens with zero attached hydrogens (tertiary/aromatic N) is 1. The van der Waals surface area contributed by atoms with Crippen molar-refractivity contribution in [2.75, 3.05) is 12.0 Å². The van der Waals surface area contributed by atoms with E-state index in [9.17, 15) is 8.42 Å². The van der Waals surface area contributed by atoms with E-state index < -0.39 is 10.0 Å². The lowest BCUT2D eigenvalue weighted by Gasteiger charge is -2.00. The van der Waals surface area contributed by atoms with Gasteiger partial charge in [-0.3, -0.25) is 0 Å². The second-order valence-electron chi connectivity index (χ2n) is 2.84. The van der Waals surface area contributed by atoms with E-state index >= 15 is 0 Å². The van der Waals surface area contributed by atoms with Crippen LogP contribution in [-0.4, -0.2) is 20.5 Å². The second-order valence-corrected chi connectivity index (χ2v) is 4.48. The molecular formula is C8H11N3O2S. The van der Waals surface area contributed by atoms with Crippen molar-refractivity contribution in [1.29, 1.82) is 0 Å². The Kier molecular flexibility index (Phi) is 2.76. The molecule has 0 heterocycles. The third kappa shape index (κ3) is 3.06. The predicted molar refractivity (Wildman–Crippen MR) is 56.4 cm³/mol. The average molecular weight is 213 g/mol. The number of anilines is 1. The topological polar surface area (TPSA) is 98.5 Å². The Morgan fingerprint density at radius 1 is 1.43 bits per heavy atom. The number of amidine groups is 1. The summed E-state index contributed by atoms with van der Waals surface area (Å²) in [6.07, 6.45) is 0.978. The third-order valence-corrected chi connectivity index (χ3v) is 1.97. The van der Waals surface area contributed by atoms with E-state index in [1.54, 1.807) is 24.3 Å². The Hall–Kier alpha value is -1.56. The monoisotopic (exact) mass is 213 g/mol. The lowest BCUT2D eigenvalue weighted by Crippen LogP contribution is -2.15. The van der Waals surface area contributed by atoms with E-state index in [2.05, 4.69) is 4.40 Å². The van der Waals surface area contributed by atoms with Gasteiger partial charge in [-0.1, -0.05) is 12.1 Å². The number of sulfonamides is 1. The molecular weight excluding hydrogens is 202 g/mol. The van der Waals surface area contributed by atoms with Crippen LogP contribution in [0.3, 0.4) is 0 Å². The summed E-state index contributed by atoms with van der Waals surface area (Å²) >= 11 is 0. The average Bonchev–Trinajstić information content (AvgIpc) is 2.01. The summed E-state index contributed by atoms with van der Waals surface area (Å²) in [7, 11) is -3.46. The van der Waals surface area contributed by atoms with Crippen LogP contribution in [0.2, 0.25) is 0 Å². The van der Waals surface area contributed by atoms with Gasteiger partial charge in [0.05, 0.1) is 6.26 Å². The number of hydrogen-bond donors (Lipinski definition) is 2. The zero-order valence-corrected chi connectivity index (χ0v) is 8.45. The van der Waals surface area contributed by atoms with Crippen LogP contribution < -0.4 is 11.5 Å². The summed E-state index contributed by atoms with van der Waals surface area (Å²) in [6, 6.07) is 6.55. The third-order valence-electron chi connectivity index (χ3n) is 1.45. The molecule has 0 amide bonds. The molecule has 1 aromatic rings. The maximum absolute atomic E-state index is 10.8. The molecule has 0 spiro atoms. The van der Waals surface area contributed by atoms with Crippen molar-refractivity contribution in [2.45, 2.75) is 0 Å². The minimum absolute atomic E-state index is 0.0557. The molecule has 0 fully saturated rings. The standard InChI is InChI=1S/C8H11N3O2S/c1-14(12,13)11-8(10)6-3-2-4-7(9)5-6/h2-5H,9H2,1H3,(H2,10,11). The van der Waals surface area contributed by atoms with Crippen molar-refractivity contribution in [1.82, 2.24) is 0 Å². The van der Waals surface area contributed by atoms with Crippen molar-refractivity contribution < 1.29 is 8.42 Å². The molecule has 0 saturated heterocycles. The number of benzene rings is 1. The molecule has 0 saturated carbocycles. The van der Waals surface area contributed by atoms with E-state index in [0.29, 0.717) is 11.3 Å². The summed E-state index contributed by atoms with van der Waals surface area (Å²) in [5, 5.41) is 0. The molecule has 1 rings (SSSR count). The normalized spacial score (nSPS) is 12.8. The second kappa shape index (κ2) is 3.67. The van der Waals surface area contributed by atoms with E-state index in [4.69, 9.17) is 11.5 Å². The smallest absolute Gasteiger partial charge is 0.252 e. The SMILES string of the molecule is CS(=O)(=O)/N=C(\N)c1cccc(N)c1. The van der Waals surface area contributed by atoms with Gasteiger partial charge in [0.2, 0.25) is 0 Å². The van der Waals surface area contributed by atoms with Crippen LogP contribution in [-0.2, 0) is 10.0 Å². The first kappa shape index (κ1) is 10.5. The van der Waals surface area contributed by atoms with Gasteiger partial charge in [-0.25, -0.2) is 8.42 Å². The maximum Gasteiger partial charge on any atom is 0.252 e. The van der Waals surface area contributed by atoms with Gasteiger partial charge in [0.1, 0.15) is 5.84 Å². The maximum atomic E-state index is 10.8. The first-order chi connectivity index (χ1) is 6.38. The van der Waals surface area contributed by atoms with E-state index in [1.807, 2.05) is 0 Å². The molecule has 76 valence electrons.